The maximum atomic E-state index is 12.0. The summed E-state index contributed by atoms with van der Waals surface area (Å²) in [6.07, 6.45) is 2.47. The van der Waals surface area contributed by atoms with Gasteiger partial charge in [0.15, 0.2) is 6.61 Å². The molecule has 2 heterocycles. The number of H-pyrrole nitrogens is 1. The van der Waals surface area contributed by atoms with E-state index >= 15 is 0 Å². The highest BCUT2D eigenvalue weighted by molar-refractivity contribution is 7.92. The largest absolute Gasteiger partial charge is 0.482 e. The average molecular weight is 294 g/mol. The van der Waals surface area contributed by atoms with Gasteiger partial charge in [-0.2, -0.15) is 5.10 Å². The summed E-state index contributed by atoms with van der Waals surface area (Å²) in [5, 5.41) is 8.62. The maximum absolute atomic E-state index is 12.0. The predicted molar refractivity (Wildman–Crippen MR) is 70.0 cm³/mol. The number of nitrogens with one attached hydrogen (secondary N) is 3. The van der Waals surface area contributed by atoms with E-state index in [1.807, 2.05) is 0 Å². The second kappa shape index (κ2) is 4.53. The molecule has 8 nitrogen and oxygen atoms in total. The first-order chi connectivity index (χ1) is 9.54. The summed E-state index contributed by atoms with van der Waals surface area (Å²) in [4.78, 5) is 11.2. The Bertz CT molecular complexity index is 755. The molecule has 0 radical (unpaired) electrons. The lowest BCUT2D eigenvalue weighted by Crippen LogP contribution is -2.25. The van der Waals surface area contributed by atoms with Gasteiger partial charge in [-0.1, -0.05) is 0 Å². The third-order valence-electron chi connectivity index (χ3n) is 2.65. The molecule has 1 amide bonds. The van der Waals surface area contributed by atoms with Gasteiger partial charge in [-0.05, 0) is 18.2 Å². The fourth-order valence-electron chi connectivity index (χ4n) is 1.75. The predicted octanol–water partition coefficient (Wildman–Crippen LogP) is 0.541. The van der Waals surface area contributed by atoms with Crippen LogP contribution in [-0.4, -0.2) is 31.1 Å². The molecule has 9 heteroatoms. The number of carbonyl (C=O) groups excluding carboxylic acids is 1. The molecule has 0 aliphatic carbocycles. The van der Waals surface area contributed by atoms with Crippen LogP contribution in [0.5, 0.6) is 5.75 Å². The number of ether oxygens (including phenoxy) is 1. The van der Waals surface area contributed by atoms with Crippen molar-refractivity contribution in [1.29, 1.82) is 0 Å². The van der Waals surface area contributed by atoms with Crippen molar-refractivity contribution in [3.63, 3.8) is 0 Å². The Morgan fingerprint density at radius 2 is 2.20 bits per heavy atom. The van der Waals surface area contributed by atoms with Crippen LogP contribution in [0, 0.1) is 0 Å². The first kappa shape index (κ1) is 12.5. The van der Waals surface area contributed by atoms with Gasteiger partial charge in [0.1, 0.15) is 10.6 Å². The third-order valence-corrected chi connectivity index (χ3v) is 4.00. The van der Waals surface area contributed by atoms with E-state index in [-0.39, 0.29) is 17.4 Å². The summed E-state index contributed by atoms with van der Waals surface area (Å²) in [5.41, 5.74) is 0.740. The molecule has 0 bridgehead atoms. The second-order valence-electron chi connectivity index (χ2n) is 4.09. The quantitative estimate of drug-likeness (QED) is 0.764. The minimum absolute atomic E-state index is 0.0236. The molecule has 0 saturated carbocycles. The molecule has 3 rings (SSSR count). The van der Waals surface area contributed by atoms with Crippen LogP contribution in [0.2, 0.25) is 0 Å². The van der Waals surface area contributed by atoms with E-state index < -0.39 is 10.0 Å². The first-order valence-electron chi connectivity index (χ1n) is 5.63. The summed E-state index contributed by atoms with van der Waals surface area (Å²) in [6.45, 7) is -0.0485. The molecule has 0 atom stereocenters. The number of fused-ring (bicyclic) bond motifs is 1. The van der Waals surface area contributed by atoms with Crippen LogP contribution in [0.3, 0.4) is 0 Å². The highest BCUT2D eigenvalue weighted by atomic mass is 32.2. The van der Waals surface area contributed by atoms with Crippen molar-refractivity contribution in [2.75, 3.05) is 16.6 Å². The molecule has 0 spiro atoms. The molecule has 1 aromatic carbocycles. The van der Waals surface area contributed by atoms with E-state index in [0.29, 0.717) is 17.1 Å². The molecule has 3 N–H and O–H groups in total. The molecule has 20 heavy (non-hydrogen) atoms. The Balaban J connectivity index is 1.89. The molecule has 0 unspecified atom stereocenters. The molecule has 104 valence electrons. The fourth-order valence-corrected chi connectivity index (χ4v) is 2.70. The number of nitrogens with zero attached hydrogens (tertiary/aromatic N) is 1. The number of anilines is 2. The molecule has 0 saturated heterocycles. The summed E-state index contributed by atoms with van der Waals surface area (Å²) in [5.74, 6) is 0.211. The molecule has 2 aromatic rings. The lowest BCUT2D eigenvalue weighted by molar-refractivity contribution is -0.118. The van der Waals surface area contributed by atoms with Crippen molar-refractivity contribution < 1.29 is 17.9 Å². The highest BCUT2D eigenvalue weighted by Gasteiger charge is 2.19. The summed E-state index contributed by atoms with van der Waals surface area (Å²) in [6, 6.07) is 4.62. The van der Waals surface area contributed by atoms with Crippen molar-refractivity contribution >= 4 is 27.3 Å². The zero-order valence-electron chi connectivity index (χ0n) is 10.1. The van der Waals surface area contributed by atoms with Gasteiger partial charge in [-0.3, -0.25) is 14.6 Å². The second-order valence-corrected chi connectivity index (χ2v) is 5.77. The standard InChI is InChI=1S/C11H10N4O4S/c16-11-6-19-10-2-1-7(3-9(10)14-11)15-20(17,18)8-4-12-13-5-8/h1-5,15H,6H2,(H,12,13)(H,14,16). The average Bonchev–Trinajstić information content (AvgIpc) is 2.92. The maximum Gasteiger partial charge on any atom is 0.265 e. The van der Waals surface area contributed by atoms with Gasteiger partial charge in [0.25, 0.3) is 15.9 Å². The number of aromatic amines is 1. The number of carbonyl (C=O) groups is 1. The lowest BCUT2D eigenvalue weighted by atomic mass is 10.2. The van der Waals surface area contributed by atoms with Crippen LogP contribution >= 0.6 is 0 Å². The van der Waals surface area contributed by atoms with Crippen LogP contribution in [-0.2, 0) is 14.8 Å². The van der Waals surface area contributed by atoms with Crippen molar-refractivity contribution in [1.82, 2.24) is 10.2 Å². The van der Waals surface area contributed by atoms with E-state index in [2.05, 4.69) is 20.2 Å². The zero-order chi connectivity index (χ0) is 14.2. The lowest BCUT2D eigenvalue weighted by Gasteiger charge is -2.18. The van der Waals surface area contributed by atoms with E-state index in [0.717, 1.165) is 0 Å². The number of hydrogen-bond donors (Lipinski definition) is 3. The van der Waals surface area contributed by atoms with Gasteiger partial charge in [0, 0.05) is 6.20 Å². The molecular formula is C11H10N4O4S. The van der Waals surface area contributed by atoms with Crippen molar-refractivity contribution in [3.05, 3.63) is 30.6 Å². The van der Waals surface area contributed by atoms with Crippen molar-refractivity contribution in [2.45, 2.75) is 4.90 Å². The number of sulfonamides is 1. The number of hydrogen-bond acceptors (Lipinski definition) is 5. The highest BCUT2D eigenvalue weighted by Crippen LogP contribution is 2.31. The van der Waals surface area contributed by atoms with Crippen molar-refractivity contribution in [2.24, 2.45) is 0 Å². The Morgan fingerprint density at radius 1 is 1.35 bits per heavy atom. The minimum Gasteiger partial charge on any atom is -0.482 e. The molecule has 1 aliphatic heterocycles. The molecule has 1 aliphatic rings. The van der Waals surface area contributed by atoms with Crippen LogP contribution < -0.4 is 14.8 Å². The number of aromatic nitrogens is 2. The van der Waals surface area contributed by atoms with Gasteiger partial charge in [-0.25, -0.2) is 8.42 Å². The van der Waals surface area contributed by atoms with Crippen LogP contribution in [0.25, 0.3) is 0 Å². The van der Waals surface area contributed by atoms with Crippen LogP contribution in [0.15, 0.2) is 35.5 Å². The SMILES string of the molecule is O=C1COc2ccc(NS(=O)(=O)c3cn[nH]c3)cc2N1. The minimum atomic E-state index is -3.71. The van der Waals surface area contributed by atoms with E-state index in [1.165, 1.54) is 18.5 Å². The number of amides is 1. The monoisotopic (exact) mass is 294 g/mol. The van der Waals surface area contributed by atoms with Gasteiger partial charge in [0.2, 0.25) is 0 Å². The topological polar surface area (TPSA) is 113 Å². The molecular weight excluding hydrogens is 284 g/mol. The van der Waals surface area contributed by atoms with Gasteiger partial charge >= 0.3 is 0 Å². The third kappa shape index (κ3) is 2.30. The smallest absolute Gasteiger partial charge is 0.265 e. The Morgan fingerprint density at radius 3 is 2.95 bits per heavy atom. The first-order valence-corrected chi connectivity index (χ1v) is 7.11. The zero-order valence-corrected chi connectivity index (χ0v) is 10.9. The number of rotatable bonds is 3. The van der Waals surface area contributed by atoms with E-state index in [4.69, 9.17) is 4.74 Å². The van der Waals surface area contributed by atoms with Gasteiger partial charge < -0.3 is 10.1 Å². The summed E-state index contributed by atoms with van der Waals surface area (Å²) >= 11 is 0. The van der Waals surface area contributed by atoms with Crippen LogP contribution in [0.4, 0.5) is 11.4 Å². The van der Waals surface area contributed by atoms with Crippen LogP contribution in [0.1, 0.15) is 0 Å². The van der Waals surface area contributed by atoms with Gasteiger partial charge in [-0.15, -0.1) is 0 Å². The fraction of sp³-hybridized carbons (Fsp3) is 0.0909. The van der Waals surface area contributed by atoms with E-state index in [1.54, 1.807) is 12.1 Å². The summed E-state index contributed by atoms with van der Waals surface area (Å²) < 4.78 is 31.6. The Labute approximate surface area is 114 Å². The molecule has 0 fully saturated rings. The Kier molecular flexibility index (Phi) is 2.83. The van der Waals surface area contributed by atoms with Crippen molar-refractivity contribution in [3.8, 4) is 5.75 Å². The normalized spacial score (nSPS) is 14.1. The summed E-state index contributed by atoms with van der Waals surface area (Å²) in [7, 11) is -3.71. The molecule has 1 aromatic heterocycles. The van der Waals surface area contributed by atoms with E-state index in [9.17, 15) is 13.2 Å². The van der Waals surface area contributed by atoms with Gasteiger partial charge in [0.05, 0.1) is 17.6 Å². The Hall–Kier alpha value is -2.55. The number of benzene rings is 1.